The van der Waals surface area contributed by atoms with Gasteiger partial charge in [0.25, 0.3) is 5.91 Å². The minimum atomic E-state index is -0.545. The molecule has 1 amide bonds. The zero-order valence-corrected chi connectivity index (χ0v) is 8.10. The molecule has 0 fully saturated rings. The molecule has 1 rings (SSSR count). The van der Waals surface area contributed by atoms with Crippen LogP contribution >= 0.6 is 23.2 Å². The zero-order valence-electron chi connectivity index (χ0n) is 6.59. The highest BCUT2D eigenvalue weighted by molar-refractivity contribution is 6.34. The largest absolute Gasteiger partial charge is 0.484 e. The molecule has 0 aliphatic carbocycles. The highest BCUT2D eigenvalue weighted by Crippen LogP contribution is 2.23. The van der Waals surface area contributed by atoms with Crippen molar-refractivity contribution in [3.8, 4) is 5.75 Å². The van der Waals surface area contributed by atoms with Crippen LogP contribution < -0.4 is 10.5 Å². The number of nitrogens with two attached hydrogens (primary N) is 1. The molecule has 3 nitrogen and oxygen atoms in total. The first-order valence-corrected chi connectivity index (χ1v) is 4.21. The Morgan fingerprint density at radius 1 is 1.31 bits per heavy atom. The third-order valence-corrected chi connectivity index (χ3v) is 1.65. The predicted molar refractivity (Wildman–Crippen MR) is 51.2 cm³/mol. The van der Waals surface area contributed by atoms with Crippen molar-refractivity contribution >= 4 is 29.1 Å². The molecule has 1 aromatic rings. The maximum absolute atomic E-state index is 10.4. The second-order valence-corrected chi connectivity index (χ2v) is 3.23. The highest BCUT2D eigenvalue weighted by atomic mass is 35.5. The van der Waals surface area contributed by atoms with Crippen LogP contribution in [0.2, 0.25) is 10.0 Å². The summed E-state index contributed by atoms with van der Waals surface area (Å²) in [6, 6.07) is 4.67. The van der Waals surface area contributed by atoms with Gasteiger partial charge >= 0.3 is 0 Å². The normalized spacial score (nSPS) is 9.69. The molecule has 0 saturated carbocycles. The molecule has 0 bridgehead atoms. The van der Waals surface area contributed by atoms with E-state index in [4.69, 9.17) is 33.7 Å². The third-order valence-electron chi connectivity index (χ3n) is 1.22. The Kier molecular flexibility index (Phi) is 3.39. The van der Waals surface area contributed by atoms with Crippen molar-refractivity contribution in [2.24, 2.45) is 5.73 Å². The highest BCUT2D eigenvalue weighted by Gasteiger charge is 2.00. The number of carbonyl (C=O) groups excluding carboxylic acids is 1. The average molecular weight is 220 g/mol. The maximum Gasteiger partial charge on any atom is 0.255 e. The molecule has 13 heavy (non-hydrogen) atoms. The molecule has 2 N–H and O–H groups in total. The number of rotatable bonds is 3. The molecule has 5 heteroatoms. The number of benzene rings is 1. The molecular weight excluding hydrogens is 213 g/mol. The number of hydrogen-bond acceptors (Lipinski definition) is 2. The number of hydrogen-bond donors (Lipinski definition) is 1. The quantitative estimate of drug-likeness (QED) is 0.844. The minimum Gasteiger partial charge on any atom is -0.484 e. The molecule has 0 unspecified atom stereocenters. The van der Waals surface area contributed by atoms with Gasteiger partial charge in [-0.15, -0.1) is 0 Å². The first-order valence-electron chi connectivity index (χ1n) is 3.45. The van der Waals surface area contributed by atoms with Gasteiger partial charge < -0.3 is 10.5 Å². The summed E-state index contributed by atoms with van der Waals surface area (Å²) < 4.78 is 4.99. The van der Waals surface area contributed by atoms with Crippen molar-refractivity contribution in [1.29, 1.82) is 0 Å². The van der Waals surface area contributed by atoms with Gasteiger partial charge in [-0.05, 0) is 18.2 Å². The van der Waals surface area contributed by atoms with E-state index in [0.717, 1.165) is 0 Å². The lowest BCUT2D eigenvalue weighted by Crippen LogP contribution is -2.19. The number of halogens is 2. The van der Waals surface area contributed by atoms with E-state index in [9.17, 15) is 4.79 Å². The van der Waals surface area contributed by atoms with Crippen molar-refractivity contribution in [3.05, 3.63) is 28.2 Å². The molecule has 0 saturated heterocycles. The average Bonchev–Trinajstić information content (AvgIpc) is 1.99. The number of ether oxygens (including phenoxy) is 1. The summed E-state index contributed by atoms with van der Waals surface area (Å²) in [6.45, 7) is -0.184. The van der Waals surface area contributed by atoms with Crippen LogP contribution in [-0.4, -0.2) is 12.5 Å². The summed E-state index contributed by atoms with van der Waals surface area (Å²) in [7, 11) is 0. The van der Waals surface area contributed by atoms with Crippen LogP contribution in [0.15, 0.2) is 18.2 Å². The van der Waals surface area contributed by atoms with Crippen molar-refractivity contribution in [3.63, 3.8) is 0 Å². The lowest BCUT2D eigenvalue weighted by Gasteiger charge is -2.03. The zero-order chi connectivity index (χ0) is 9.84. The SMILES string of the molecule is NC(=O)COc1cc(Cl)cc(Cl)c1. The van der Waals surface area contributed by atoms with Gasteiger partial charge in [0.1, 0.15) is 5.75 Å². The van der Waals surface area contributed by atoms with Crippen LogP contribution in [-0.2, 0) is 4.79 Å². The van der Waals surface area contributed by atoms with Crippen LogP contribution in [0.1, 0.15) is 0 Å². The molecule has 1 aromatic carbocycles. The minimum absolute atomic E-state index is 0.184. The van der Waals surface area contributed by atoms with Crippen molar-refractivity contribution in [2.75, 3.05) is 6.61 Å². The van der Waals surface area contributed by atoms with Crippen LogP contribution in [0, 0.1) is 0 Å². The Morgan fingerprint density at radius 2 is 1.85 bits per heavy atom. The third kappa shape index (κ3) is 3.53. The Labute approximate surface area is 85.4 Å². The summed E-state index contributed by atoms with van der Waals surface area (Å²) in [6.07, 6.45) is 0. The number of amides is 1. The molecule has 0 aromatic heterocycles. The standard InChI is InChI=1S/C8H7Cl2NO2/c9-5-1-6(10)3-7(2-5)13-4-8(11)12/h1-3H,4H2,(H2,11,12). The van der Waals surface area contributed by atoms with E-state index in [1.54, 1.807) is 18.2 Å². The molecular formula is C8H7Cl2NO2. The Balaban J connectivity index is 2.71. The van der Waals surface area contributed by atoms with Crippen LogP contribution in [0.5, 0.6) is 5.75 Å². The van der Waals surface area contributed by atoms with E-state index in [-0.39, 0.29) is 6.61 Å². The van der Waals surface area contributed by atoms with Gasteiger partial charge in [-0.3, -0.25) is 4.79 Å². The monoisotopic (exact) mass is 219 g/mol. The van der Waals surface area contributed by atoms with E-state index in [1.807, 2.05) is 0 Å². The maximum atomic E-state index is 10.4. The number of primary amides is 1. The van der Waals surface area contributed by atoms with Crippen molar-refractivity contribution < 1.29 is 9.53 Å². The van der Waals surface area contributed by atoms with E-state index < -0.39 is 5.91 Å². The first kappa shape index (κ1) is 10.2. The van der Waals surface area contributed by atoms with Crippen LogP contribution in [0.3, 0.4) is 0 Å². The van der Waals surface area contributed by atoms with Crippen LogP contribution in [0.4, 0.5) is 0 Å². The molecule has 0 aliphatic heterocycles. The Morgan fingerprint density at radius 3 is 2.31 bits per heavy atom. The van der Waals surface area contributed by atoms with Crippen molar-refractivity contribution in [2.45, 2.75) is 0 Å². The van der Waals surface area contributed by atoms with Gasteiger partial charge in [0, 0.05) is 10.0 Å². The smallest absolute Gasteiger partial charge is 0.255 e. The summed E-state index contributed by atoms with van der Waals surface area (Å²) in [5, 5.41) is 0.902. The molecule has 0 radical (unpaired) electrons. The van der Waals surface area contributed by atoms with Gasteiger partial charge in [-0.2, -0.15) is 0 Å². The second kappa shape index (κ2) is 4.35. The second-order valence-electron chi connectivity index (χ2n) is 2.36. The van der Waals surface area contributed by atoms with E-state index in [1.165, 1.54) is 0 Å². The van der Waals surface area contributed by atoms with Gasteiger partial charge in [0.2, 0.25) is 0 Å². The summed E-state index contributed by atoms with van der Waals surface area (Å²) >= 11 is 11.4. The van der Waals surface area contributed by atoms with E-state index in [0.29, 0.717) is 15.8 Å². The van der Waals surface area contributed by atoms with Gasteiger partial charge in [0.05, 0.1) is 0 Å². The van der Waals surface area contributed by atoms with Gasteiger partial charge in [-0.25, -0.2) is 0 Å². The topological polar surface area (TPSA) is 52.3 Å². The molecule has 70 valence electrons. The van der Waals surface area contributed by atoms with Crippen LogP contribution in [0.25, 0.3) is 0 Å². The number of carbonyl (C=O) groups is 1. The lowest BCUT2D eigenvalue weighted by molar-refractivity contribution is -0.119. The molecule has 0 spiro atoms. The molecule has 0 aliphatic rings. The molecule has 0 atom stereocenters. The fourth-order valence-electron chi connectivity index (χ4n) is 0.766. The lowest BCUT2D eigenvalue weighted by atomic mass is 10.3. The fraction of sp³-hybridized carbons (Fsp3) is 0.125. The van der Waals surface area contributed by atoms with E-state index >= 15 is 0 Å². The van der Waals surface area contributed by atoms with Gasteiger partial charge in [0.15, 0.2) is 6.61 Å². The van der Waals surface area contributed by atoms with Gasteiger partial charge in [-0.1, -0.05) is 23.2 Å². The summed E-state index contributed by atoms with van der Waals surface area (Å²) in [4.78, 5) is 10.4. The molecule has 0 heterocycles. The van der Waals surface area contributed by atoms with E-state index in [2.05, 4.69) is 0 Å². The Bertz CT molecular complexity index is 308. The first-order chi connectivity index (χ1) is 6.08. The predicted octanol–water partition coefficient (Wildman–Crippen LogP) is 1.86. The summed E-state index contributed by atoms with van der Waals surface area (Å²) in [5.41, 5.74) is 4.89. The Hall–Kier alpha value is -0.930. The van der Waals surface area contributed by atoms with Crippen molar-refractivity contribution in [1.82, 2.24) is 0 Å². The fourth-order valence-corrected chi connectivity index (χ4v) is 1.27. The summed E-state index contributed by atoms with van der Waals surface area (Å²) in [5.74, 6) is -0.118.